The van der Waals surface area contributed by atoms with Gasteiger partial charge in [0.15, 0.2) is 6.54 Å². The summed E-state index contributed by atoms with van der Waals surface area (Å²) in [6, 6.07) is 18.9. The molecule has 2 N–H and O–H groups in total. The summed E-state index contributed by atoms with van der Waals surface area (Å²) in [4.78, 5) is 13.1. The standard InChI is InChI=1S/C20H26N2O/c1-20(2,3)21-19(23)15-22(4)14-16-10-12-18(13-11-16)17-8-6-5-7-9-17/h5-13H,14-15H2,1-4H3,(H,21,23)/p+1. The average molecular weight is 311 g/mol. The topological polar surface area (TPSA) is 33.5 Å². The van der Waals surface area contributed by atoms with Crippen LogP contribution in [-0.4, -0.2) is 25.0 Å². The number of hydrogen-bond acceptors (Lipinski definition) is 1. The summed E-state index contributed by atoms with van der Waals surface area (Å²) in [6.07, 6.45) is 0. The van der Waals surface area contributed by atoms with E-state index in [-0.39, 0.29) is 11.4 Å². The molecule has 23 heavy (non-hydrogen) atoms. The molecule has 0 fully saturated rings. The molecule has 1 atom stereocenters. The van der Waals surface area contributed by atoms with Crippen LogP contribution in [0.1, 0.15) is 26.3 Å². The lowest BCUT2D eigenvalue weighted by molar-refractivity contribution is -0.885. The fourth-order valence-corrected chi connectivity index (χ4v) is 2.59. The summed E-state index contributed by atoms with van der Waals surface area (Å²) in [6.45, 7) is 7.33. The normalized spacial score (nSPS) is 12.7. The van der Waals surface area contributed by atoms with Crippen LogP contribution in [0.15, 0.2) is 54.6 Å². The maximum absolute atomic E-state index is 12.0. The van der Waals surface area contributed by atoms with E-state index >= 15 is 0 Å². The summed E-state index contributed by atoms with van der Waals surface area (Å²) in [5.41, 5.74) is 3.52. The van der Waals surface area contributed by atoms with E-state index in [0.717, 1.165) is 6.54 Å². The molecule has 1 amide bonds. The van der Waals surface area contributed by atoms with Gasteiger partial charge in [-0.05, 0) is 31.9 Å². The third-order valence-electron chi connectivity index (χ3n) is 3.54. The maximum Gasteiger partial charge on any atom is 0.275 e. The molecule has 0 saturated carbocycles. The van der Waals surface area contributed by atoms with Crippen molar-refractivity contribution in [1.82, 2.24) is 5.32 Å². The highest BCUT2D eigenvalue weighted by atomic mass is 16.2. The molecule has 0 heterocycles. The van der Waals surface area contributed by atoms with E-state index < -0.39 is 0 Å². The minimum Gasteiger partial charge on any atom is -0.347 e. The van der Waals surface area contributed by atoms with Crippen molar-refractivity contribution >= 4 is 5.91 Å². The van der Waals surface area contributed by atoms with Gasteiger partial charge in [-0.15, -0.1) is 0 Å². The molecule has 0 aliphatic carbocycles. The van der Waals surface area contributed by atoms with E-state index in [1.807, 2.05) is 33.9 Å². The van der Waals surface area contributed by atoms with Crippen molar-refractivity contribution in [2.75, 3.05) is 13.6 Å². The molecule has 2 rings (SSSR count). The van der Waals surface area contributed by atoms with E-state index in [0.29, 0.717) is 6.54 Å². The number of likely N-dealkylation sites (N-methyl/N-ethyl adjacent to an activating group) is 1. The molecule has 0 saturated heterocycles. The lowest BCUT2D eigenvalue weighted by Crippen LogP contribution is -3.09. The minimum atomic E-state index is -0.172. The van der Waals surface area contributed by atoms with E-state index in [1.54, 1.807) is 0 Å². The summed E-state index contributed by atoms with van der Waals surface area (Å²) in [7, 11) is 2.05. The summed E-state index contributed by atoms with van der Waals surface area (Å²) in [5.74, 6) is 0.0934. The molecule has 1 unspecified atom stereocenters. The number of quaternary nitrogens is 1. The number of hydrogen-bond donors (Lipinski definition) is 2. The highest BCUT2D eigenvalue weighted by Crippen LogP contribution is 2.18. The Balaban J connectivity index is 1.92. The third kappa shape index (κ3) is 5.87. The number of carbonyl (C=O) groups is 1. The van der Waals surface area contributed by atoms with Crippen LogP contribution in [0.5, 0.6) is 0 Å². The highest BCUT2D eigenvalue weighted by molar-refractivity contribution is 5.77. The Morgan fingerprint density at radius 2 is 1.52 bits per heavy atom. The van der Waals surface area contributed by atoms with Crippen LogP contribution in [0.3, 0.4) is 0 Å². The van der Waals surface area contributed by atoms with Crippen LogP contribution < -0.4 is 10.2 Å². The van der Waals surface area contributed by atoms with E-state index in [9.17, 15) is 4.79 Å². The van der Waals surface area contributed by atoms with Crippen LogP contribution in [0.25, 0.3) is 11.1 Å². The van der Waals surface area contributed by atoms with Gasteiger partial charge >= 0.3 is 0 Å². The largest absolute Gasteiger partial charge is 0.347 e. The first kappa shape index (κ1) is 17.2. The van der Waals surface area contributed by atoms with Crippen LogP contribution in [0.2, 0.25) is 0 Å². The van der Waals surface area contributed by atoms with Crippen molar-refractivity contribution in [2.24, 2.45) is 0 Å². The number of nitrogens with one attached hydrogen (secondary N) is 2. The van der Waals surface area contributed by atoms with Gasteiger partial charge in [-0.1, -0.05) is 54.6 Å². The van der Waals surface area contributed by atoms with Crippen molar-refractivity contribution in [1.29, 1.82) is 0 Å². The smallest absolute Gasteiger partial charge is 0.275 e. The van der Waals surface area contributed by atoms with Crippen molar-refractivity contribution in [2.45, 2.75) is 32.9 Å². The second-order valence-electron chi connectivity index (χ2n) is 7.17. The van der Waals surface area contributed by atoms with E-state index in [2.05, 4.69) is 53.8 Å². The Morgan fingerprint density at radius 1 is 0.957 bits per heavy atom. The molecule has 0 bridgehead atoms. The van der Waals surface area contributed by atoms with Gasteiger partial charge in [0.25, 0.3) is 5.91 Å². The zero-order valence-corrected chi connectivity index (χ0v) is 14.5. The minimum absolute atomic E-state index is 0.0934. The van der Waals surface area contributed by atoms with Gasteiger partial charge in [0.05, 0.1) is 7.05 Å². The second kappa shape index (κ2) is 7.42. The number of amides is 1. The number of benzene rings is 2. The molecule has 0 aliphatic rings. The average Bonchev–Trinajstić information content (AvgIpc) is 2.46. The molecule has 2 aromatic rings. The summed E-state index contributed by atoms with van der Waals surface area (Å²) in [5, 5.41) is 3.01. The predicted octanol–water partition coefficient (Wildman–Crippen LogP) is 2.28. The maximum atomic E-state index is 12.0. The Morgan fingerprint density at radius 3 is 2.09 bits per heavy atom. The molecule has 3 nitrogen and oxygen atoms in total. The van der Waals surface area contributed by atoms with Gasteiger partial charge in [-0.25, -0.2) is 0 Å². The zero-order valence-electron chi connectivity index (χ0n) is 14.5. The molecule has 0 aliphatic heterocycles. The second-order valence-corrected chi connectivity index (χ2v) is 7.17. The molecular formula is C20H27N2O+. The number of rotatable bonds is 5. The molecule has 0 radical (unpaired) electrons. The highest BCUT2D eigenvalue weighted by Gasteiger charge is 2.17. The van der Waals surface area contributed by atoms with Gasteiger partial charge in [-0.2, -0.15) is 0 Å². The van der Waals surface area contributed by atoms with Gasteiger partial charge < -0.3 is 10.2 Å². The zero-order chi connectivity index (χ0) is 16.9. The van der Waals surface area contributed by atoms with Gasteiger partial charge in [0.2, 0.25) is 0 Å². The molecule has 122 valence electrons. The third-order valence-corrected chi connectivity index (χ3v) is 3.54. The monoisotopic (exact) mass is 311 g/mol. The summed E-state index contributed by atoms with van der Waals surface area (Å²) < 4.78 is 0. The van der Waals surface area contributed by atoms with E-state index in [4.69, 9.17) is 0 Å². The molecular weight excluding hydrogens is 284 g/mol. The predicted molar refractivity (Wildman–Crippen MR) is 95.2 cm³/mol. The first-order chi connectivity index (χ1) is 10.8. The van der Waals surface area contributed by atoms with Gasteiger partial charge in [0.1, 0.15) is 6.54 Å². The van der Waals surface area contributed by atoms with Crippen molar-refractivity contribution in [3.05, 3.63) is 60.2 Å². The summed E-state index contributed by atoms with van der Waals surface area (Å²) >= 11 is 0. The molecule has 3 heteroatoms. The molecule has 0 aromatic heterocycles. The number of carbonyl (C=O) groups excluding carboxylic acids is 1. The SMILES string of the molecule is C[NH+](CC(=O)NC(C)(C)C)Cc1ccc(-c2ccccc2)cc1. The first-order valence-corrected chi connectivity index (χ1v) is 8.10. The lowest BCUT2D eigenvalue weighted by atomic mass is 10.0. The van der Waals surface area contributed by atoms with Crippen molar-refractivity contribution in [3.8, 4) is 11.1 Å². The fraction of sp³-hybridized carbons (Fsp3) is 0.350. The molecule has 2 aromatic carbocycles. The van der Waals surface area contributed by atoms with Gasteiger partial charge in [-0.3, -0.25) is 4.79 Å². The quantitative estimate of drug-likeness (QED) is 0.873. The Hall–Kier alpha value is -2.13. The van der Waals surface area contributed by atoms with Gasteiger partial charge in [0, 0.05) is 11.1 Å². The lowest BCUT2D eigenvalue weighted by Gasteiger charge is -2.22. The van der Waals surface area contributed by atoms with Crippen molar-refractivity contribution in [3.63, 3.8) is 0 Å². The Bertz CT molecular complexity index is 627. The molecule has 0 spiro atoms. The Labute approximate surface area is 139 Å². The fourth-order valence-electron chi connectivity index (χ4n) is 2.59. The van der Waals surface area contributed by atoms with Crippen LogP contribution >= 0.6 is 0 Å². The Kier molecular flexibility index (Phi) is 5.56. The van der Waals surface area contributed by atoms with Crippen LogP contribution in [-0.2, 0) is 11.3 Å². The van der Waals surface area contributed by atoms with Crippen LogP contribution in [0, 0.1) is 0 Å². The van der Waals surface area contributed by atoms with Crippen LogP contribution in [0.4, 0.5) is 0 Å². The first-order valence-electron chi connectivity index (χ1n) is 8.10. The van der Waals surface area contributed by atoms with E-state index in [1.165, 1.54) is 21.6 Å². The van der Waals surface area contributed by atoms with Crippen molar-refractivity contribution < 1.29 is 9.69 Å².